The molecule has 0 N–H and O–H groups in total. The number of ether oxygens (including phenoxy) is 4. The zero-order valence-electron chi connectivity index (χ0n) is 20.6. The van der Waals surface area contributed by atoms with Crippen LogP contribution in [0.5, 0.6) is 11.5 Å². The number of amides is 2. The Hall–Kier alpha value is -3.50. The highest BCUT2D eigenvalue weighted by atomic mass is 19.4. The summed E-state index contributed by atoms with van der Waals surface area (Å²) < 4.78 is 58.5. The molecule has 35 heavy (non-hydrogen) atoms. The standard InChI is InChI=1S/C24H29F3N2O6/c1-15-12-17(32-14-16-10-8-9-11-18(16)33-24(25,26)27)13-19(28-15)29(20(30)34-22(2,3)4)21(31)35-23(5,6)7/h8-13H,14H2,1-7H3. The number of nitrogens with zero attached hydrogens (tertiary/aromatic N) is 2. The van der Waals surface area contributed by atoms with Gasteiger partial charge in [-0.25, -0.2) is 14.6 Å². The van der Waals surface area contributed by atoms with Crippen LogP contribution in [-0.4, -0.2) is 34.7 Å². The Kier molecular flexibility index (Phi) is 8.25. The monoisotopic (exact) mass is 498 g/mol. The van der Waals surface area contributed by atoms with Crippen molar-refractivity contribution >= 4 is 18.0 Å². The summed E-state index contributed by atoms with van der Waals surface area (Å²) in [6, 6.07) is 8.32. The number of alkyl halides is 3. The zero-order chi connectivity index (χ0) is 26.6. The average Bonchev–Trinajstić information content (AvgIpc) is 2.63. The number of rotatable bonds is 5. The first-order chi connectivity index (χ1) is 15.9. The van der Waals surface area contributed by atoms with Gasteiger partial charge in [0, 0.05) is 23.4 Å². The number of aryl methyl sites for hydroxylation is 1. The molecule has 0 radical (unpaired) electrons. The summed E-state index contributed by atoms with van der Waals surface area (Å²) >= 11 is 0. The molecule has 0 unspecified atom stereocenters. The lowest BCUT2D eigenvalue weighted by Crippen LogP contribution is -2.44. The lowest BCUT2D eigenvalue weighted by atomic mass is 10.2. The van der Waals surface area contributed by atoms with E-state index in [1.807, 2.05) is 0 Å². The Bertz CT molecular complexity index is 1030. The molecule has 0 saturated heterocycles. The van der Waals surface area contributed by atoms with E-state index >= 15 is 0 Å². The van der Waals surface area contributed by atoms with Crippen LogP contribution in [0.1, 0.15) is 52.8 Å². The summed E-state index contributed by atoms with van der Waals surface area (Å²) in [6.07, 6.45) is -6.89. The summed E-state index contributed by atoms with van der Waals surface area (Å²) in [7, 11) is 0. The van der Waals surface area contributed by atoms with Gasteiger partial charge in [-0.15, -0.1) is 13.2 Å². The number of imide groups is 1. The second-order valence-electron chi connectivity index (χ2n) is 9.54. The van der Waals surface area contributed by atoms with Crippen LogP contribution in [0.4, 0.5) is 28.6 Å². The highest BCUT2D eigenvalue weighted by Gasteiger charge is 2.34. The predicted molar refractivity (Wildman–Crippen MR) is 121 cm³/mol. The van der Waals surface area contributed by atoms with E-state index in [9.17, 15) is 22.8 Å². The minimum absolute atomic E-state index is 0.136. The predicted octanol–water partition coefficient (Wildman–Crippen LogP) is 6.54. The Morgan fingerprint density at radius 1 is 0.914 bits per heavy atom. The van der Waals surface area contributed by atoms with Crippen molar-refractivity contribution in [2.45, 2.75) is 72.6 Å². The van der Waals surface area contributed by atoms with Gasteiger partial charge in [-0.3, -0.25) is 0 Å². The average molecular weight is 498 g/mol. The maximum Gasteiger partial charge on any atom is 0.573 e. The number of aromatic nitrogens is 1. The van der Waals surface area contributed by atoms with Gasteiger partial charge >= 0.3 is 18.5 Å². The third-order valence-corrected chi connectivity index (χ3v) is 3.89. The SMILES string of the molecule is Cc1cc(OCc2ccccc2OC(F)(F)F)cc(N(C(=O)OC(C)(C)C)C(=O)OC(C)(C)C)n1. The number of halogens is 3. The quantitative estimate of drug-likeness (QED) is 0.462. The smallest absolute Gasteiger partial charge is 0.489 e. The third-order valence-electron chi connectivity index (χ3n) is 3.89. The Morgan fingerprint density at radius 3 is 1.97 bits per heavy atom. The molecule has 192 valence electrons. The number of para-hydroxylation sites is 1. The molecule has 1 aromatic heterocycles. The Labute approximate surface area is 201 Å². The van der Waals surface area contributed by atoms with E-state index in [2.05, 4.69) is 9.72 Å². The van der Waals surface area contributed by atoms with Crippen LogP contribution in [0.15, 0.2) is 36.4 Å². The first kappa shape index (κ1) is 27.7. The summed E-state index contributed by atoms with van der Waals surface area (Å²) in [5.41, 5.74) is -1.32. The van der Waals surface area contributed by atoms with Gasteiger partial charge in [-0.05, 0) is 54.5 Å². The molecule has 11 heteroatoms. The van der Waals surface area contributed by atoms with Gasteiger partial charge < -0.3 is 18.9 Å². The van der Waals surface area contributed by atoms with Crippen LogP contribution in [-0.2, 0) is 16.1 Å². The molecule has 8 nitrogen and oxygen atoms in total. The molecule has 0 saturated carbocycles. The number of anilines is 1. The number of carbonyl (C=O) groups is 2. The van der Waals surface area contributed by atoms with Gasteiger partial charge in [-0.1, -0.05) is 18.2 Å². The third kappa shape index (κ3) is 9.34. The van der Waals surface area contributed by atoms with Gasteiger partial charge in [0.15, 0.2) is 5.82 Å². The van der Waals surface area contributed by atoms with Crippen molar-refractivity contribution in [1.82, 2.24) is 4.98 Å². The molecule has 0 spiro atoms. The van der Waals surface area contributed by atoms with Crippen LogP contribution < -0.4 is 14.4 Å². The fourth-order valence-corrected chi connectivity index (χ4v) is 2.70. The van der Waals surface area contributed by atoms with E-state index < -0.39 is 35.5 Å². The van der Waals surface area contributed by atoms with Crippen molar-refractivity contribution in [3.8, 4) is 11.5 Å². The van der Waals surface area contributed by atoms with Crippen molar-refractivity contribution in [1.29, 1.82) is 0 Å². The maximum absolute atomic E-state index is 12.9. The molecule has 0 bridgehead atoms. The largest absolute Gasteiger partial charge is 0.573 e. The van der Waals surface area contributed by atoms with E-state index in [0.29, 0.717) is 10.6 Å². The molecule has 2 aromatic rings. The van der Waals surface area contributed by atoms with E-state index in [4.69, 9.17) is 14.2 Å². The van der Waals surface area contributed by atoms with Crippen molar-refractivity contribution in [3.05, 3.63) is 47.7 Å². The number of benzene rings is 1. The zero-order valence-corrected chi connectivity index (χ0v) is 20.6. The number of hydrogen-bond acceptors (Lipinski definition) is 7. The molecule has 0 atom stereocenters. The second-order valence-corrected chi connectivity index (χ2v) is 9.54. The molecular formula is C24H29F3N2O6. The molecule has 1 heterocycles. The van der Waals surface area contributed by atoms with E-state index in [1.165, 1.54) is 36.4 Å². The minimum atomic E-state index is -4.86. The van der Waals surface area contributed by atoms with E-state index in [0.717, 1.165) is 0 Å². The highest BCUT2D eigenvalue weighted by Crippen LogP contribution is 2.29. The first-order valence-corrected chi connectivity index (χ1v) is 10.6. The number of carbonyl (C=O) groups excluding carboxylic acids is 2. The summed E-state index contributed by atoms with van der Waals surface area (Å²) in [5, 5.41) is 0. The van der Waals surface area contributed by atoms with Gasteiger partial charge in [0.05, 0.1) is 0 Å². The number of hydrogen-bond donors (Lipinski definition) is 0. The van der Waals surface area contributed by atoms with Crippen molar-refractivity contribution in [2.24, 2.45) is 0 Å². The van der Waals surface area contributed by atoms with Crippen molar-refractivity contribution < 1.29 is 41.7 Å². The van der Waals surface area contributed by atoms with Crippen LogP contribution in [0, 0.1) is 6.92 Å². The Morgan fingerprint density at radius 2 is 1.46 bits per heavy atom. The lowest BCUT2D eigenvalue weighted by Gasteiger charge is -2.28. The highest BCUT2D eigenvalue weighted by molar-refractivity contribution is 6.08. The molecule has 2 amide bonds. The van der Waals surface area contributed by atoms with Crippen molar-refractivity contribution in [3.63, 3.8) is 0 Å². The fraction of sp³-hybridized carbons (Fsp3) is 0.458. The summed E-state index contributed by atoms with van der Waals surface area (Å²) in [5.74, 6) is -0.398. The first-order valence-electron chi connectivity index (χ1n) is 10.6. The lowest BCUT2D eigenvalue weighted by molar-refractivity contribution is -0.275. The van der Waals surface area contributed by atoms with Crippen LogP contribution >= 0.6 is 0 Å². The van der Waals surface area contributed by atoms with Crippen LogP contribution in [0.2, 0.25) is 0 Å². The van der Waals surface area contributed by atoms with E-state index in [1.54, 1.807) is 48.5 Å². The molecule has 2 rings (SSSR count). The van der Waals surface area contributed by atoms with Crippen LogP contribution in [0.25, 0.3) is 0 Å². The van der Waals surface area contributed by atoms with E-state index in [-0.39, 0.29) is 23.7 Å². The molecule has 0 fully saturated rings. The molecule has 0 aliphatic carbocycles. The van der Waals surface area contributed by atoms with Gasteiger partial charge in [-0.2, -0.15) is 4.90 Å². The molecule has 0 aliphatic rings. The number of pyridine rings is 1. The maximum atomic E-state index is 12.9. The fourth-order valence-electron chi connectivity index (χ4n) is 2.70. The normalized spacial score (nSPS) is 12.1. The molecular weight excluding hydrogens is 469 g/mol. The summed E-state index contributed by atoms with van der Waals surface area (Å²) in [4.78, 5) is 30.6. The Balaban J connectivity index is 2.37. The van der Waals surface area contributed by atoms with Gasteiger partial charge in [0.1, 0.15) is 29.3 Å². The summed E-state index contributed by atoms with van der Waals surface area (Å²) in [6.45, 7) is 11.1. The molecule has 1 aromatic carbocycles. The topological polar surface area (TPSA) is 87.2 Å². The van der Waals surface area contributed by atoms with Gasteiger partial charge in [0.2, 0.25) is 0 Å². The molecule has 0 aliphatic heterocycles. The van der Waals surface area contributed by atoms with Gasteiger partial charge in [0.25, 0.3) is 0 Å². The van der Waals surface area contributed by atoms with Crippen LogP contribution in [0.3, 0.4) is 0 Å². The van der Waals surface area contributed by atoms with Crippen molar-refractivity contribution in [2.75, 3.05) is 4.90 Å². The minimum Gasteiger partial charge on any atom is -0.489 e. The second kappa shape index (κ2) is 10.4.